The number of unbranched alkanes of at least 4 members (excludes halogenated alkanes) is 8. The summed E-state index contributed by atoms with van der Waals surface area (Å²) in [6.07, 6.45) is 11.3. The Morgan fingerprint density at radius 3 is 1.69 bits per heavy atom. The van der Waals surface area contributed by atoms with Gasteiger partial charge in [-0.05, 0) is 48.9 Å². The highest BCUT2D eigenvalue weighted by molar-refractivity contribution is 5.94. The van der Waals surface area contributed by atoms with E-state index < -0.39 is 17.7 Å². The number of hydrogen-bond acceptors (Lipinski definition) is 5. The van der Waals surface area contributed by atoms with Crippen LogP contribution in [0.4, 0.5) is 0 Å². The average Bonchev–Trinajstić information content (AvgIpc) is 2.82. The van der Waals surface area contributed by atoms with Gasteiger partial charge in [-0.15, -0.1) is 0 Å². The first-order chi connectivity index (χ1) is 17.3. The highest BCUT2D eigenvalue weighted by atomic mass is 16.5. The molecule has 0 spiro atoms. The van der Waals surface area contributed by atoms with Gasteiger partial charge in [-0.1, -0.05) is 65.2 Å². The quantitative estimate of drug-likeness (QED) is 0.191. The number of carbonyl (C=O) groups is 2. The SMILES string of the molecule is CCCCCCCc1cc(Oc2cc(OC)cc(CCCCCCC)c2C(=O)O)cc(O)c1C(=O)O. The smallest absolute Gasteiger partial charge is 0.339 e. The lowest BCUT2D eigenvalue weighted by molar-refractivity contribution is 0.0682. The van der Waals surface area contributed by atoms with E-state index in [0.717, 1.165) is 64.2 Å². The molecule has 0 fully saturated rings. The van der Waals surface area contributed by atoms with Crippen LogP contribution in [0.25, 0.3) is 0 Å². The number of aromatic carboxylic acids is 2. The molecule has 3 N–H and O–H groups in total. The summed E-state index contributed by atoms with van der Waals surface area (Å²) in [5, 5.41) is 30.1. The largest absolute Gasteiger partial charge is 0.507 e. The molecule has 0 unspecified atom stereocenters. The van der Waals surface area contributed by atoms with Crippen molar-refractivity contribution in [2.75, 3.05) is 7.11 Å². The normalized spacial score (nSPS) is 10.9. The second kappa shape index (κ2) is 15.0. The fraction of sp³-hybridized carbons (Fsp3) is 0.517. The number of phenols is 1. The van der Waals surface area contributed by atoms with Crippen molar-refractivity contribution in [3.63, 3.8) is 0 Å². The third-order valence-electron chi connectivity index (χ3n) is 6.32. The molecule has 0 aliphatic carbocycles. The number of aryl methyl sites for hydroxylation is 2. The summed E-state index contributed by atoms with van der Waals surface area (Å²) in [5.74, 6) is -1.97. The highest BCUT2D eigenvalue weighted by Gasteiger charge is 2.22. The molecule has 7 nitrogen and oxygen atoms in total. The van der Waals surface area contributed by atoms with Crippen LogP contribution in [-0.4, -0.2) is 34.4 Å². The minimum absolute atomic E-state index is 0.0502. The zero-order valence-electron chi connectivity index (χ0n) is 21.8. The predicted octanol–water partition coefficient (Wildman–Crippen LogP) is 7.62. The third kappa shape index (κ3) is 8.47. The molecule has 0 bridgehead atoms. The number of carboxylic acid groups (broad SMARTS) is 2. The van der Waals surface area contributed by atoms with Crippen LogP contribution in [0.15, 0.2) is 24.3 Å². The fourth-order valence-corrected chi connectivity index (χ4v) is 4.41. The van der Waals surface area contributed by atoms with Crippen molar-refractivity contribution in [3.8, 4) is 23.0 Å². The van der Waals surface area contributed by atoms with E-state index in [9.17, 15) is 24.9 Å². The van der Waals surface area contributed by atoms with Crippen LogP contribution >= 0.6 is 0 Å². The van der Waals surface area contributed by atoms with E-state index >= 15 is 0 Å². The van der Waals surface area contributed by atoms with E-state index in [-0.39, 0.29) is 22.6 Å². The van der Waals surface area contributed by atoms with Gasteiger partial charge in [-0.25, -0.2) is 9.59 Å². The minimum atomic E-state index is -1.21. The Balaban J connectivity index is 2.37. The van der Waals surface area contributed by atoms with Crippen molar-refractivity contribution in [3.05, 3.63) is 46.5 Å². The van der Waals surface area contributed by atoms with Gasteiger partial charge in [0.1, 0.15) is 34.1 Å². The molecule has 36 heavy (non-hydrogen) atoms. The van der Waals surface area contributed by atoms with Crippen LogP contribution < -0.4 is 9.47 Å². The van der Waals surface area contributed by atoms with Gasteiger partial charge in [0, 0.05) is 12.1 Å². The zero-order valence-corrected chi connectivity index (χ0v) is 21.8. The molecule has 2 aromatic carbocycles. The molecule has 0 aliphatic heterocycles. The summed E-state index contributed by atoms with van der Waals surface area (Å²) >= 11 is 0. The topological polar surface area (TPSA) is 113 Å². The molecule has 0 heterocycles. The average molecular weight is 501 g/mol. The van der Waals surface area contributed by atoms with Gasteiger partial charge in [0.2, 0.25) is 0 Å². The van der Waals surface area contributed by atoms with Crippen molar-refractivity contribution < 1.29 is 34.4 Å². The Kier molecular flexibility index (Phi) is 12.1. The minimum Gasteiger partial charge on any atom is -0.507 e. The first-order valence-electron chi connectivity index (χ1n) is 13.0. The summed E-state index contributed by atoms with van der Waals surface area (Å²) in [5.41, 5.74) is 0.990. The van der Waals surface area contributed by atoms with Crippen molar-refractivity contribution in [2.45, 2.75) is 90.9 Å². The number of carboxylic acids is 2. The number of methoxy groups -OCH3 is 1. The van der Waals surface area contributed by atoms with Crippen LogP contribution in [0.5, 0.6) is 23.0 Å². The monoisotopic (exact) mass is 500 g/mol. The molecule has 0 radical (unpaired) electrons. The van der Waals surface area contributed by atoms with Gasteiger partial charge >= 0.3 is 11.9 Å². The van der Waals surface area contributed by atoms with E-state index in [1.807, 2.05) is 0 Å². The highest BCUT2D eigenvalue weighted by Crippen LogP contribution is 2.37. The van der Waals surface area contributed by atoms with Crippen LogP contribution in [0.1, 0.15) is 110 Å². The third-order valence-corrected chi connectivity index (χ3v) is 6.32. The molecule has 0 aliphatic rings. The van der Waals surface area contributed by atoms with Crippen molar-refractivity contribution in [2.24, 2.45) is 0 Å². The van der Waals surface area contributed by atoms with E-state index in [4.69, 9.17) is 9.47 Å². The second-order valence-corrected chi connectivity index (χ2v) is 9.18. The van der Waals surface area contributed by atoms with Crippen molar-refractivity contribution in [1.29, 1.82) is 0 Å². The fourth-order valence-electron chi connectivity index (χ4n) is 4.41. The summed E-state index contributed by atoms with van der Waals surface area (Å²) in [6.45, 7) is 4.27. The molecule has 2 aromatic rings. The summed E-state index contributed by atoms with van der Waals surface area (Å²) in [4.78, 5) is 24.0. The lowest BCUT2D eigenvalue weighted by Crippen LogP contribution is -2.07. The van der Waals surface area contributed by atoms with E-state index in [2.05, 4.69) is 13.8 Å². The standard InChI is InChI=1S/C29H40O7/c1-4-6-8-10-12-14-20-17-23(18-24(30)26(20)28(31)32)36-25-19-22(35-3)16-21(27(25)29(33)34)15-13-11-9-7-5-2/h16-19,30H,4-15H2,1-3H3,(H,31,32)(H,33,34). The number of benzene rings is 2. The maximum Gasteiger partial charge on any atom is 0.339 e. The van der Waals surface area contributed by atoms with E-state index in [1.54, 1.807) is 12.1 Å². The molecule has 0 atom stereocenters. The Hall–Kier alpha value is -3.22. The molecule has 0 saturated carbocycles. The van der Waals surface area contributed by atoms with Crippen molar-refractivity contribution in [1.82, 2.24) is 0 Å². The molecule has 0 aromatic heterocycles. The van der Waals surface area contributed by atoms with Crippen LogP contribution in [0.2, 0.25) is 0 Å². The van der Waals surface area contributed by atoms with Gasteiger partial charge in [-0.2, -0.15) is 0 Å². The van der Waals surface area contributed by atoms with Gasteiger partial charge in [0.25, 0.3) is 0 Å². The summed E-state index contributed by atoms with van der Waals surface area (Å²) in [7, 11) is 1.51. The predicted molar refractivity (Wildman–Crippen MR) is 140 cm³/mol. The molecular weight excluding hydrogens is 460 g/mol. The zero-order chi connectivity index (χ0) is 26.5. The van der Waals surface area contributed by atoms with Gasteiger partial charge in [-0.3, -0.25) is 0 Å². The first-order valence-corrected chi connectivity index (χ1v) is 13.0. The number of hydrogen-bond donors (Lipinski definition) is 3. The second-order valence-electron chi connectivity index (χ2n) is 9.18. The Labute approximate surface area is 214 Å². The van der Waals surface area contributed by atoms with Gasteiger partial charge in [0.05, 0.1) is 7.11 Å². The Morgan fingerprint density at radius 1 is 0.694 bits per heavy atom. The van der Waals surface area contributed by atoms with E-state index in [1.165, 1.54) is 19.2 Å². The maximum atomic E-state index is 12.2. The maximum absolute atomic E-state index is 12.2. The molecule has 2 rings (SSSR count). The summed E-state index contributed by atoms with van der Waals surface area (Å²) < 4.78 is 11.4. The van der Waals surface area contributed by atoms with Gasteiger partial charge in [0.15, 0.2) is 0 Å². The van der Waals surface area contributed by atoms with E-state index in [0.29, 0.717) is 29.7 Å². The summed E-state index contributed by atoms with van der Waals surface area (Å²) in [6, 6.07) is 6.04. The molecular formula is C29H40O7. The number of ether oxygens (including phenoxy) is 2. The first kappa shape index (κ1) is 29.0. The Morgan fingerprint density at radius 2 is 1.19 bits per heavy atom. The van der Waals surface area contributed by atoms with Gasteiger partial charge < -0.3 is 24.8 Å². The van der Waals surface area contributed by atoms with Crippen molar-refractivity contribution >= 4 is 11.9 Å². The van der Waals surface area contributed by atoms with Crippen LogP contribution in [-0.2, 0) is 12.8 Å². The molecule has 0 saturated heterocycles. The number of rotatable bonds is 17. The molecule has 198 valence electrons. The molecule has 0 amide bonds. The lowest BCUT2D eigenvalue weighted by Gasteiger charge is -2.17. The number of aromatic hydroxyl groups is 1. The molecule has 7 heteroatoms. The van der Waals surface area contributed by atoms with Crippen LogP contribution in [0.3, 0.4) is 0 Å². The van der Waals surface area contributed by atoms with Crippen LogP contribution in [0, 0.1) is 0 Å². The Bertz CT molecular complexity index is 1010. The lowest BCUT2D eigenvalue weighted by atomic mass is 9.98.